The Hall–Kier alpha value is -1.07. The molecule has 0 spiro atoms. The molecule has 3 nitrogen and oxygen atoms in total. The third-order valence-corrected chi connectivity index (χ3v) is 4.06. The number of hydrogen-bond acceptors (Lipinski definition) is 3. The van der Waals surface area contributed by atoms with Crippen LogP contribution in [0.3, 0.4) is 0 Å². The fraction of sp³-hybridized carbons (Fsp3) is 0.462. The highest BCUT2D eigenvalue weighted by Crippen LogP contribution is 2.19. The van der Waals surface area contributed by atoms with Crippen LogP contribution in [0.2, 0.25) is 0 Å². The second-order valence-electron chi connectivity index (χ2n) is 4.48. The van der Waals surface area contributed by atoms with Gasteiger partial charge in [-0.05, 0) is 25.2 Å². The van der Waals surface area contributed by atoms with E-state index in [2.05, 4.69) is 16.8 Å². The molecule has 2 rings (SSSR count). The molecule has 0 aliphatic carbocycles. The first-order valence-corrected chi connectivity index (χ1v) is 7.03. The van der Waals surface area contributed by atoms with E-state index in [1.807, 2.05) is 6.07 Å². The van der Waals surface area contributed by atoms with Crippen molar-refractivity contribution in [3.05, 3.63) is 30.1 Å². The monoisotopic (exact) mass is 267 g/mol. The molecule has 0 aromatic heterocycles. The first kappa shape index (κ1) is 13.4. The van der Waals surface area contributed by atoms with Gasteiger partial charge in [0.15, 0.2) is 0 Å². The Balaban J connectivity index is 1.81. The number of nitrogens with zero attached hydrogens (tertiary/aromatic N) is 2. The van der Waals surface area contributed by atoms with Gasteiger partial charge in [0, 0.05) is 31.1 Å². The van der Waals surface area contributed by atoms with Crippen molar-refractivity contribution in [3.63, 3.8) is 0 Å². The van der Waals surface area contributed by atoms with E-state index in [1.54, 1.807) is 6.07 Å². The summed E-state index contributed by atoms with van der Waals surface area (Å²) < 4.78 is 13.0. The molecule has 0 bridgehead atoms. The van der Waals surface area contributed by atoms with Crippen molar-refractivity contribution in [2.75, 3.05) is 39.0 Å². The van der Waals surface area contributed by atoms with Gasteiger partial charge in [-0.15, -0.1) is 11.8 Å². The Labute approximate surface area is 111 Å². The zero-order valence-corrected chi connectivity index (χ0v) is 11.3. The predicted octanol–water partition coefficient (Wildman–Crippen LogP) is 2.14. The first-order chi connectivity index (χ1) is 8.65. The van der Waals surface area contributed by atoms with Crippen molar-refractivity contribution < 1.29 is 4.39 Å². The highest BCUT2D eigenvalue weighted by molar-refractivity contribution is 8.00. The number of halogens is 1. The van der Waals surface area contributed by atoms with Crippen LogP contribution in [0, 0.1) is 11.2 Å². The molecular formula is C13H18FN3S. The van der Waals surface area contributed by atoms with E-state index in [0.29, 0.717) is 11.6 Å². The van der Waals surface area contributed by atoms with Crippen LogP contribution in [-0.4, -0.2) is 54.6 Å². The lowest BCUT2D eigenvalue weighted by Crippen LogP contribution is -2.47. The summed E-state index contributed by atoms with van der Waals surface area (Å²) in [5.74, 6) is 1.02. The van der Waals surface area contributed by atoms with Gasteiger partial charge < -0.3 is 9.80 Å². The van der Waals surface area contributed by atoms with Crippen LogP contribution < -0.4 is 0 Å². The SMILES string of the molecule is CN1CCN(C(=N)CSc2cccc(F)c2)CC1. The van der Waals surface area contributed by atoms with Crippen molar-refractivity contribution in [1.82, 2.24) is 9.80 Å². The van der Waals surface area contributed by atoms with Crippen molar-refractivity contribution >= 4 is 17.6 Å². The summed E-state index contributed by atoms with van der Waals surface area (Å²) in [7, 11) is 2.10. The average molecular weight is 267 g/mol. The lowest BCUT2D eigenvalue weighted by atomic mass is 10.3. The van der Waals surface area contributed by atoms with Crippen molar-refractivity contribution in [2.45, 2.75) is 4.90 Å². The van der Waals surface area contributed by atoms with Gasteiger partial charge in [0.1, 0.15) is 11.7 Å². The molecule has 1 aromatic carbocycles. The number of thioether (sulfide) groups is 1. The van der Waals surface area contributed by atoms with E-state index in [-0.39, 0.29) is 5.82 Å². The third-order valence-electron chi connectivity index (χ3n) is 3.06. The minimum Gasteiger partial charge on any atom is -0.357 e. The predicted molar refractivity (Wildman–Crippen MR) is 73.9 cm³/mol. The molecule has 5 heteroatoms. The number of piperazine rings is 1. The molecule has 1 fully saturated rings. The van der Waals surface area contributed by atoms with Gasteiger partial charge in [0.2, 0.25) is 0 Å². The van der Waals surface area contributed by atoms with Crippen LogP contribution in [0.25, 0.3) is 0 Å². The number of likely N-dealkylation sites (N-methyl/N-ethyl adjacent to an activating group) is 1. The number of rotatable bonds is 3. The summed E-state index contributed by atoms with van der Waals surface area (Å²) in [5.41, 5.74) is 0. The molecular weight excluding hydrogens is 249 g/mol. The fourth-order valence-corrected chi connectivity index (χ4v) is 2.73. The minimum atomic E-state index is -0.217. The summed E-state index contributed by atoms with van der Waals surface area (Å²) >= 11 is 1.52. The smallest absolute Gasteiger partial charge is 0.124 e. The fourth-order valence-electron chi connectivity index (χ4n) is 1.88. The number of benzene rings is 1. The molecule has 1 aromatic rings. The summed E-state index contributed by atoms with van der Waals surface area (Å²) in [4.78, 5) is 5.25. The summed E-state index contributed by atoms with van der Waals surface area (Å²) in [6, 6.07) is 6.54. The summed E-state index contributed by atoms with van der Waals surface area (Å²) in [5, 5.41) is 8.04. The lowest BCUT2D eigenvalue weighted by molar-refractivity contribution is 0.214. The molecule has 18 heavy (non-hydrogen) atoms. The summed E-state index contributed by atoms with van der Waals surface area (Å²) in [6.07, 6.45) is 0. The van der Waals surface area contributed by atoms with E-state index in [9.17, 15) is 4.39 Å². The summed E-state index contributed by atoms with van der Waals surface area (Å²) in [6.45, 7) is 3.85. The maximum Gasteiger partial charge on any atom is 0.124 e. The van der Waals surface area contributed by atoms with Gasteiger partial charge in [-0.3, -0.25) is 5.41 Å². The van der Waals surface area contributed by atoms with Gasteiger partial charge >= 0.3 is 0 Å². The third kappa shape index (κ3) is 3.71. The van der Waals surface area contributed by atoms with Crippen LogP contribution in [0.4, 0.5) is 4.39 Å². The molecule has 1 heterocycles. The maximum atomic E-state index is 13.0. The molecule has 1 aliphatic heterocycles. The quantitative estimate of drug-likeness (QED) is 0.517. The van der Waals surface area contributed by atoms with Crippen molar-refractivity contribution in [1.29, 1.82) is 5.41 Å². The van der Waals surface area contributed by atoms with Gasteiger partial charge in [-0.25, -0.2) is 4.39 Å². The van der Waals surface area contributed by atoms with Crippen molar-refractivity contribution in [2.24, 2.45) is 0 Å². The minimum absolute atomic E-state index is 0.217. The molecule has 0 saturated carbocycles. The molecule has 1 saturated heterocycles. The highest BCUT2D eigenvalue weighted by Gasteiger charge is 2.16. The number of hydrogen-bond donors (Lipinski definition) is 1. The molecule has 98 valence electrons. The Morgan fingerprint density at radius 1 is 1.33 bits per heavy atom. The van der Waals surface area contributed by atoms with Crippen LogP contribution in [0.5, 0.6) is 0 Å². The van der Waals surface area contributed by atoms with Gasteiger partial charge in [-0.1, -0.05) is 6.07 Å². The molecule has 1 N–H and O–H groups in total. The van der Waals surface area contributed by atoms with Gasteiger partial charge in [0.05, 0.1) is 5.75 Å². The van der Waals surface area contributed by atoms with Crippen molar-refractivity contribution in [3.8, 4) is 0 Å². The molecule has 0 amide bonds. The van der Waals surface area contributed by atoms with Crippen LogP contribution in [0.1, 0.15) is 0 Å². The average Bonchev–Trinajstić information content (AvgIpc) is 2.37. The Bertz CT molecular complexity index is 416. The first-order valence-electron chi connectivity index (χ1n) is 6.04. The number of nitrogens with one attached hydrogen (secondary N) is 1. The second-order valence-corrected chi connectivity index (χ2v) is 5.53. The Morgan fingerprint density at radius 3 is 2.72 bits per heavy atom. The van der Waals surface area contributed by atoms with E-state index in [4.69, 9.17) is 5.41 Å². The van der Waals surface area contributed by atoms with Crippen LogP contribution >= 0.6 is 11.8 Å². The molecule has 0 atom stereocenters. The van der Waals surface area contributed by atoms with Gasteiger partial charge in [0.25, 0.3) is 0 Å². The lowest BCUT2D eigenvalue weighted by Gasteiger charge is -2.34. The molecule has 0 radical (unpaired) electrons. The Morgan fingerprint density at radius 2 is 2.06 bits per heavy atom. The zero-order chi connectivity index (χ0) is 13.0. The maximum absolute atomic E-state index is 13.0. The normalized spacial score (nSPS) is 16.9. The Kier molecular flexibility index (Phi) is 4.60. The topological polar surface area (TPSA) is 30.3 Å². The standard InChI is InChI=1S/C13H18FN3S/c1-16-5-7-17(8-6-16)13(15)10-18-12-4-2-3-11(14)9-12/h2-4,9,15H,5-8,10H2,1H3. The van der Waals surface area contributed by atoms with E-state index in [1.165, 1.54) is 23.9 Å². The zero-order valence-electron chi connectivity index (χ0n) is 10.5. The van der Waals surface area contributed by atoms with E-state index >= 15 is 0 Å². The molecule has 0 unspecified atom stereocenters. The van der Waals surface area contributed by atoms with E-state index in [0.717, 1.165) is 31.1 Å². The highest BCUT2D eigenvalue weighted by atomic mass is 32.2. The van der Waals surface area contributed by atoms with Crippen LogP contribution in [0.15, 0.2) is 29.2 Å². The largest absolute Gasteiger partial charge is 0.357 e. The number of amidine groups is 1. The van der Waals surface area contributed by atoms with Gasteiger partial charge in [-0.2, -0.15) is 0 Å². The van der Waals surface area contributed by atoms with E-state index < -0.39 is 0 Å². The van der Waals surface area contributed by atoms with Crippen LogP contribution in [-0.2, 0) is 0 Å². The second kappa shape index (κ2) is 6.20. The molecule has 1 aliphatic rings.